The van der Waals surface area contributed by atoms with Crippen LogP contribution in [-0.4, -0.2) is 30.5 Å². The second-order valence-corrected chi connectivity index (χ2v) is 8.04. The Bertz CT molecular complexity index is 1180. The Kier molecular flexibility index (Phi) is 3.53. The number of benzene rings is 2. The molecule has 3 rings (SSSR count). The molecule has 10 heteroatoms. The second-order valence-electron chi connectivity index (χ2n) is 5.20. The Labute approximate surface area is 136 Å². The summed E-state index contributed by atoms with van der Waals surface area (Å²) in [5, 5.41) is -0.0137. The predicted molar refractivity (Wildman–Crippen MR) is 86.3 cm³/mol. The van der Waals surface area contributed by atoms with Crippen LogP contribution in [0.15, 0.2) is 51.0 Å². The zero-order chi connectivity index (χ0) is 17.9. The summed E-state index contributed by atoms with van der Waals surface area (Å²) >= 11 is 0. The van der Waals surface area contributed by atoms with Gasteiger partial charge in [0.15, 0.2) is 5.43 Å². The molecule has 0 spiro atoms. The molecule has 3 aromatic rings. The first-order valence-electron chi connectivity index (χ1n) is 6.51. The number of aromatic nitrogens is 1. The van der Waals surface area contributed by atoms with E-state index in [1.165, 1.54) is 12.1 Å². The first-order valence-corrected chi connectivity index (χ1v) is 9.39. The maximum absolute atomic E-state index is 12.6. The fourth-order valence-corrected chi connectivity index (χ4v) is 3.59. The molecule has 0 saturated heterocycles. The van der Waals surface area contributed by atoms with Crippen molar-refractivity contribution in [2.75, 3.05) is 0 Å². The Morgan fingerprint density at radius 3 is 1.50 bits per heavy atom. The van der Waals surface area contributed by atoms with Gasteiger partial charge in [0.1, 0.15) is 0 Å². The third kappa shape index (κ3) is 2.59. The van der Waals surface area contributed by atoms with E-state index in [9.17, 15) is 21.6 Å². The molecule has 2 aromatic carbocycles. The molecule has 8 nitrogen and oxygen atoms in total. The maximum Gasteiger partial charge on any atom is 0.294 e. The predicted octanol–water partition coefficient (Wildman–Crippen LogP) is 1.19. The molecule has 1 aromatic heterocycles. The molecule has 1 heterocycles. The van der Waals surface area contributed by atoms with Crippen LogP contribution in [0.3, 0.4) is 0 Å². The molecular formula is C14H11NO7S2. The van der Waals surface area contributed by atoms with Gasteiger partial charge in [0.2, 0.25) is 0 Å². The summed E-state index contributed by atoms with van der Waals surface area (Å²) in [6.07, 6.45) is 0. The van der Waals surface area contributed by atoms with E-state index in [-0.39, 0.29) is 10.8 Å². The Morgan fingerprint density at radius 2 is 1.17 bits per heavy atom. The van der Waals surface area contributed by atoms with Gasteiger partial charge in [0.25, 0.3) is 20.2 Å². The molecule has 0 fully saturated rings. The number of nitrogens with zero attached hydrogens (tertiary/aromatic N) is 1. The highest BCUT2D eigenvalue weighted by molar-refractivity contribution is 7.86. The van der Waals surface area contributed by atoms with Crippen LogP contribution >= 0.6 is 0 Å². The number of fused-ring (bicyclic) bond motifs is 2. The SMILES string of the molecule is Cn1c2ccc(S(=O)(=O)O)cc2c(=O)c2cc(S(=O)(=O)O)ccc21. The summed E-state index contributed by atoms with van der Waals surface area (Å²) in [7, 11) is -7.37. The van der Waals surface area contributed by atoms with Crippen molar-refractivity contribution in [2.24, 2.45) is 7.05 Å². The number of aryl methyl sites for hydroxylation is 1. The van der Waals surface area contributed by atoms with Crippen LogP contribution in [0.5, 0.6) is 0 Å². The molecule has 0 unspecified atom stereocenters. The van der Waals surface area contributed by atoms with Crippen molar-refractivity contribution in [1.82, 2.24) is 4.57 Å². The molecule has 126 valence electrons. The fourth-order valence-electron chi connectivity index (χ4n) is 2.57. The van der Waals surface area contributed by atoms with Gasteiger partial charge in [-0.1, -0.05) is 0 Å². The van der Waals surface area contributed by atoms with E-state index < -0.39 is 35.5 Å². The number of pyridine rings is 1. The van der Waals surface area contributed by atoms with E-state index in [2.05, 4.69) is 0 Å². The van der Waals surface area contributed by atoms with Crippen LogP contribution in [0.4, 0.5) is 0 Å². The minimum atomic E-state index is -4.49. The highest BCUT2D eigenvalue weighted by Crippen LogP contribution is 2.23. The lowest BCUT2D eigenvalue weighted by atomic mass is 10.1. The smallest absolute Gasteiger partial charge is 0.294 e. The first kappa shape index (κ1) is 16.6. The Balaban J connectivity index is 2.53. The molecule has 0 aliphatic carbocycles. The molecule has 0 atom stereocenters. The normalized spacial score (nSPS) is 12.8. The first-order chi connectivity index (χ1) is 11.0. The van der Waals surface area contributed by atoms with Gasteiger partial charge >= 0.3 is 0 Å². The van der Waals surface area contributed by atoms with Gasteiger partial charge in [-0.05, 0) is 36.4 Å². The fraction of sp³-hybridized carbons (Fsp3) is 0.0714. The monoisotopic (exact) mass is 369 g/mol. The standard InChI is InChI=1S/C14H11NO7S2/c1-15-12-4-2-8(23(17,18)19)6-10(12)14(16)11-7-9(24(20,21)22)3-5-13(11)15/h2-7H,1H3,(H,17,18,19)(H,20,21,22). The average Bonchev–Trinajstić information content (AvgIpc) is 2.49. The topological polar surface area (TPSA) is 131 Å². The molecule has 2 N–H and O–H groups in total. The molecule has 0 radical (unpaired) electrons. The average molecular weight is 369 g/mol. The van der Waals surface area contributed by atoms with Gasteiger partial charge in [0, 0.05) is 17.8 Å². The summed E-state index contributed by atoms with van der Waals surface area (Å²) in [4.78, 5) is 11.7. The van der Waals surface area contributed by atoms with Crippen molar-refractivity contribution in [1.29, 1.82) is 0 Å². The quantitative estimate of drug-likeness (QED) is 0.512. The molecular weight excluding hydrogens is 358 g/mol. The number of hydrogen-bond donors (Lipinski definition) is 2. The lowest BCUT2D eigenvalue weighted by Gasteiger charge is -2.11. The zero-order valence-corrected chi connectivity index (χ0v) is 13.8. The van der Waals surface area contributed by atoms with Gasteiger partial charge in [-0.15, -0.1) is 0 Å². The van der Waals surface area contributed by atoms with Crippen molar-refractivity contribution in [3.05, 3.63) is 46.6 Å². The van der Waals surface area contributed by atoms with E-state index >= 15 is 0 Å². The molecule has 0 amide bonds. The third-order valence-corrected chi connectivity index (χ3v) is 5.44. The van der Waals surface area contributed by atoms with Crippen LogP contribution in [0, 0.1) is 0 Å². The summed E-state index contributed by atoms with van der Waals surface area (Å²) in [5.74, 6) is 0. The largest absolute Gasteiger partial charge is 0.343 e. The highest BCUT2D eigenvalue weighted by atomic mass is 32.2. The van der Waals surface area contributed by atoms with Gasteiger partial charge < -0.3 is 4.57 Å². The van der Waals surface area contributed by atoms with Crippen LogP contribution in [0.1, 0.15) is 0 Å². The molecule has 24 heavy (non-hydrogen) atoms. The van der Waals surface area contributed by atoms with Crippen molar-refractivity contribution in [3.63, 3.8) is 0 Å². The lowest BCUT2D eigenvalue weighted by molar-refractivity contribution is 0.481. The van der Waals surface area contributed by atoms with Crippen LogP contribution in [0.2, 0.25) is 0 Å². The Morgan fingerprint density at radius 1 is 0.792 bits per heavy atom. The third-order valence-electron chi connectivity index (χ3n) is 3.74. The highest BCUT2D eigenvalue weighted by Gasteiger charge is 2.17. The van der Waals surface area contributed by atoms with E-state index in [0.29, 0.717) is 11.0 Å². The second kappa shape index (κ2) is 5.11. The summed E-state index contributed by atoms with van der Waals surface area (Å²) in [6, 6.07) is 7.11. The van der Waals surface area contributed by atoms with Gasteiger partial charge in [-0.2, -0.15) is 16.8 Å². The number of rotatable bonds is 2. The number of hydrogen-bond acceptors (Lipinski definition) is 5. The van der Waals surface area contributed by atoms with Gasteiger partial charge in [-0.25, -0.2) is 0 Å². The molecule has 0 aliphatic heterocycles. The van der Waals surface area contributed by atoms with Crippen LogP contribution < -0.4 is 5.43 Å². The van der Waals surface area contributed by atoms with Crippen molar-refractivity contribution in [2.45, 2.75) is 9.79 Å². The van der Waals surface area contributed by atoms with E-state index in [4.69, 9.17) is 9.11 Å². The maximum atomic E-state index is 12.6. The zero-order valence-electron chi connectivity index (χ0n) is 12.2. The van der Waals surface area contributed by atoms with Crippen molar-refractivity contribution in [3.8, 4) is 0 Å². The van der Waals surface area contributed by atoms with Gasteiger partial charge in [0.05, 0.1) is 20.8 Å². The van der Waals surface area contributed by atoms with E-state index in [1.807, 2.05) is 0 Å². The van der Waals surface area contributed by atoms with Crippen LogP contribution in [-0.2, 0) is 27.3 Å². The van der Waals surface area contributed by atoms with Crippen molar-refractivity contribution >= 4 is 42.0 Å². The van der Waals surface area contributed by atoms with Gasteiger partial charge in [-0.3, -0.25) is 13.9 Å². The van der Waals surface area contributed by atoms with Crippen molar-refractivity contribution < 1.29 is 25.9 Å². The summed E-state index contributed by atoms with van der Waals surface area (Å²) in [5.41, 5.74) is 0.188. The van der Waals surface area contributed by atoms with Crippen LogP contribution in [0.25, 0.3) is 21.8 Å². The molecule has 0 aliphatic rings. The molecule has 0 bridgehead atoms. The molecule has 0 saturated carbocycles. The minimum absolute atomic E-state index is 0.00684. The van der Waals surface area contributed by atoms with E-state index in [0.717, 1.165) is 24.3 Å². The van der Waals surface area contributed by atoms with E-state index in [1.54, 1.807) is 11.6 Å². The Hall–Kier alpha value is -2.27. The lowest BCUT2D eigenvalue weighted by Crippen LogP contribution is -2.11. The minimum Gasteiger partial charge on any atom is -0.343 e. The summed E-state index contributed by atoms with van der Waals surface area (Å²) < 4.78 is 64.8. The summed E-state index contributed by atoms with van der Waals surface area (Å²) in [6.45, 7) is 0.